The molecule has 1 fully saturated rings. The first kappa shape index (κ1) is 20.8. The summed E-state index contributed by atoms with van der Waals surface area (Å²) in [6.07, 6.45) is 10.9. The third kappa shape index (κ3) is 3.93. The molecule has 2 aromatic rings. The molecule has 28 heavy (non-hydrogen) atoms. The SMILES string of the molecule is CC=CC(=CCC)C(O)(c1ccccc1)c1cc(Cl)ncc1C1CCCN1C. The summed E-state index contributed by atoms with van der Waals surface area (Å²) in [4.78, 5) is 6.70. The molecule has 1 aromatic carbocycles. The molecule has 0 spiro atoms. The van der Waals surface area contributed by atoms with Crippen LogP contribution in [0.25, 0.3) is 0 Å². The summed E-state index contributed by atoms with van der Waals surface area (Å²) in [7, 11) is 2.13. The number of allylic oxidation sites excluding steroid dienone is 2. The highest BCUT2D eigenvalue weighted by Crippen LogP contribution is 2.44. The smallest absolute Gasteiger partial charge is 0.140 e. The number of aromatic nitrogens is 1. The molecule has 0 amide bonds. The monoisotopic (exact) mass is 396 g/mol. The molecule has 2 heterocycles. The van der Waals surface area contributed by atoms with Gasteiger partial charge in [0, 0.05) is 17.8 Å². The lowest BCUT2D eigenvalue weighted by Crippen LogP contribution is -2.32. The van der Waals surface area contributed by atoms with Gasteiger partial charge in [-0.1, -0.05) is 67.1 Å². The quantitative estimate of drug-likeness (QED) is 0.506. The third-order valence-corrected chi connectivity index (χ3v) is 5.76. The van der Waals surface area contributed by atoms with Crippen LogP contribution in [0.2, 0.25) is 5.15 Å². The molecule has 1 aliphatic heterocycles. The van der Waals surface area contributed by atoms with Crippen molar-refractivity contribution in [3.05, 3.63) is 88.2 Å². The molecule has 2 atom stereocenters. The van der Waals surface area contributed by atoms with Crippen molar-refractivity contribution < 1.29 is 5.11 Å². The molecule has 0 saturated carbocycles. The molecular weight excluding hydrogens is 368 g/mol. The van der Waals surface area contributed by atoms with Crippen molar-refractivity contribution in [3.63, 3.8) is 0 Å². The Hall–Kier alpha value is -1.94. The molecule has 1 N–H and O–H groups in total. The Balaban J connectivity index is 2.30. The Morgan fingerprint density at radius 2 is 2.11 bits per heavy atom. The van der Waals surface area contributed by atoms with Gasteiger partial charge in [-0.3, -0.25) is 4.90 Å². The molecule has 0 bridgehead atoms. The van der Waals surface area contributed by atoms with Crippen LogP contribution in [0.15, 0.2) is 66.4 Å². The van der Waals surface area contributed by atoms with E-state index in [9.17, 15) is 5.11 Å². The zero-order valence-electron chi connectivity index (χ0n) is 16.9. The Kier molecular flexibility index (Phi) is 6.71. The molecule has 3 rings (SSSR count). The molecule has 148 valence electrons. The number of pyridine rings is 1. The van der Waals surface area contributed by atoms with E-state index in [0.29, 0.717) is 5.15 Å². The predicted octanol–water partition coefficient (Wildman–Crippen LogP) is 5.65. The number of nitrogens with zero attached hydrogens (tertiary/aromatic N) is 2. The van der Waals surface area contributed by atoms with Gasteiger partial charge in [-0.15, -0.1) is 0 Å². The van der Waals surface area contributed by atoms with Crippen molar-refractivity contribution in [1.82, 2.24) is 9.88 Å². The lowest BCUT2D eigenvalue weighted by Gasteiger charge is -2.35. The number of likely N-dealkylation sites (tertiary alicyclic amines) is 1. The van der Waals surface area contributed by atoms with E-state index in [-0.39, 0.29) is 6.04 Å². The van der Waals surface area contributed by atoms with E-state index >= 15 is 0 Å². The van der Waals surface area contributed by atoms with Gasteiger partial charge < -0.3 is 5.11 Å². The van der Waals surface area contributed by atoms with Crippen LogP contribution in [-0.2, 0) is 5.60 Å². The second-order valence-corrected chi connectivity index (χ2v) is 7.76. The number of hydrogen-bond donors (Lipinski definition) is 1. The van der Waals surface area contributed by atoms with Crippen molar-refractivity contribution in [2.24, 2.45) is 0 Å². The van der Waals surface area contributed by atoms with E-state index in [0.717, 1.165) is 48.1 Å². The van der Waals surface area contributed by atoms with Crippen molar-refractivity contribution in [3.8, 4) is 0 Å². The van der Waals surface area contributed by atoms with Crippen molar-refractivity contribution in [1.29, 1.82) is 0 Å². The second-order valence-electron chi connectivity index (χ2n) is 7.38. The molecule has 4 heteroatoms. The molecule has 1 aromatic heterocycles. The maximum Gasteiger partial charge on any atom is 0.140 e. The van der Waals surface area contributed by atoms with Crippen LogP contribution in [-0.4, -0.2) is 28.6 Å². The fraction of sp³-hybridized carbons (Fsp3) is 0.375. The van der Waals surface area contributed by atoms with Gasteiger partial charge in [0.15, 0.2) is 0 Å². The number of rotatable bonds is 6. The normalized spacial score (nSPS) is 20.6. The van der Waals surface area contributed by atoms with E-state index in [2.05, 4.69) is 29.9 Å². The van der Waals surface area contributed by atoms with E-state index in [1.165, 1.54) is 0 Å². The lowest BCUT2D eigenvalue weighted by atomic mass is 9.76. The Morgan fingerprint density at radius 3 is 2.71 bits per heavy atom. The predicted molar refractivity (Wildman–Crippen MR) is 116 cm³/mol. The zero-order chi connectivity index (χ0) is 20.1. The second kappa shape index (κ2) is 9.04. The van der Waals surface area contributed by atoms with Gasteiger partial charge >= 0.3 is 0 Å². The minimum absolute atomic E-state index is 0.225. The highest BCUT2D eigenvalue weighted by atomic mass is 35.5. The van der Waals surface area contributed by atoms with E-state index < -0.39 is 5.60 Å². The van der Waals surface area contributed by atoms with Crippen molar-refractivity contribution in [2.75, 3.05) is 13.6 Å². The van der Waals surface area contributed by atoms with Crippen LogP contribution in [0.1, 0.15) is 55.8 Å². The fourth-order valence-electron chi connectivity index (χ4n) is 4.22. The van der Waals surface area contributed by atoms with E-state index in [1.54, 1.807) is 0 Å². The van der Waals surface area contributed by atoms with Crippen LogP contribution in [0.3, 0.4) is 0 Å². The lowest BCUT2D eigenvalue weighted by molar-refractivity contribution is 0.121. The van der Waals surface area contributed by atoms with Crippen LogP contribution in [0.4, 0.5) is 0 Å². The molecule has 2 unspecified atom stereocenters. The van der Waals surface area contributed by atoms with Gasteiger partial charge in [0.25, 0.3) is 0 Å². The standard InChI is InChI=1S/C24H29ClN2O/c1-4-10-18(11-5-2)24(28,19-12-7-6-8-13-19)21-16-23(25)26-17-20(21)22-14-9-15-27(22)3/h4,6-8,10-13,16-17,22,28H,5,9,14-15H2,1-3H3. The summed E-state index contributed by atoms with van der Waals surface area (Å²) in [5.74, 6) is 0. The third-order valence-electron chi connectivity index (χ3n) is 5.55. The molecule has 0 aliphatic carbocycles. The van der Waals surface area contributed by atoms with Gasteiger partial charge in [-0.25, -0.2) is 4.98 Å². The van der Waals surface area contributed by atoms with Gasteiger partial charge in [0.1, 0.15) is 10.8 Å². The van der Waals surface area contributed by atoms with Gasteiger partial charge in [0.2, 0.25) is 0 Å². The van der Waals surface area contributed by atoms with Gasteiger partial charge in [0.05, 0.1) is 0 Å². The van der Waals surface area contributed by atoms with Crippen LogP contribution < -0.4 is 0 Å². The largest absolute Gasteiger partial charge is 0.376 e. The Bertz CT molecular complexity index is 862. The summed E-state index contributed by atoms with van der Waals surface area (Å²) in [5.41, 5.74) is 2.25. The van der Waals surface area contributed by atoms with Crippen LogP contribution >= 0.6 is 11.6 Å². The first-order valence-corrected chi connectivity index (χ1v) is 10.4. The summed E-state index contributed by atoms with van der Waals surface area (Å²) >= 11 is 6.34. The first-order valence-electron chi connectivity index (χ1n) is 9.99. The highest BCUT2D eigenvalue weighted by molar-refractivity contribution is 6.29. The summed E-state index contributed by atoms with van der Waals surface area (Å²) in [6.45, 7) is 5.10. The average Bonchev–Trinajstić information content (AvgIpc) is 3.13. The topological polar surface area (TPSA) is 36.4 Å². The minimum Gasteiger partial charge on any atom is -0.376 e. The fourth-order valence-corrected chi connectivity index (χ4v) is 4.37. The molecule has 0 radical (unpaired) electrons. The molecular formula is C24H29ClN2O. The summed E-state index contributed by atoms with van der Waals surface area (Å²) in [6, 6.07) is 11.9. The summed E-state index contributed by atoms with van der Waals surface area (Å²) < 4.78 is 0. The maximum absolute atomic E-state index is 12.3. The number of hydrogen-bond acceptors (Lipinski definition) is 3. The molecule has 1 saturated heterocycles. The van der Waals surface area contributed by atoms with Crippen molar-refractivity contribution in [2.45, 2.75) is 44.8 Å². The molecule has 3 nitrogen and oxygen atoms in total. The van der Waals surface area contributed by atoms with Crippen LogP contribution in [0.5, 0.6) is 0 Å². The van der Waals surface area contributed by atoms with Gasteiger partial charge in [-0.05, 0) is 62.5 Å². The number of benzene rings is 1. The van der Waals surface area contributed by atoms with Gasteiger partial charge in [-0.2, -0.15) is 0 Å². The minimum atomic E-state index is -1.30. The van der Waals surface area contributed by atoms with E-state index in [4.69, 9.17) is 11.6 Å². The van der Waals surface area contributed by atoms with E-state index in [1.807, 2.05) is 61.7 Å². The Morgan fingerprint density at radius 1 is 1.36 bits per heavy atom. The van der Waals surface area contributed by atoms with Crippen molar-refractivity contribution >= 4 is 11.6 Å². The number of halogens is 1. The molecule has 1 aliphatic rings. The summed E-state index contributed by atoms with van der Waals surface area (Å²) in [5, 5.41) is 12.7. The zero-order valence-corrected chi connectivity index (χ0v) is 17.7. The maximum atomic E-state index is 12.3. The van der Waals surface area contributed by atoms with Crippen LogP contribution in [0, 0.1) is 0 Å². The first-order chi connectivity index (χ1) is 13.5. The number of aliphatic hydroxyl groups is 1. The average molecular weight is 397 g/mol. The Labute approximate surface area is 173 Å². The highest BCUT2D eigenvalue weighted by Gasteiger charge is 2.39.